The molecule has 0 amide bonds. The minimum atomic E-state index is 0.537. The van der Waals surface area contributed by atoms with Crippen molar-refractivity contribution in [1.82, 2.24) is 0 Å². The van der Waals surface area contributed by atoms with E-state index in [1.54, 1.807) is 7.11 Å². The summed E-state index contributed by atoms with van der Waals surface area (Å²) in [6.45, 7) is 5.04. The summed E-state index contributed by atoms with van der Waals surface area (Å²) in [6, 6.07) is 15.5. The Morgan fingerprint density at radius 2 is 1.71 bits per heavy atom. The smallest absolute Gasteiger partial charge is 0.161 e. The molecule has 130 valence electrons. The minimum absolute atomic E-state index is 0.537. The van der Waals surface area contributed by atoms with Crippen LogP contribution in [0.5, 0.6) is 17.2 Å². The predicted molar refractivity (Wildman–Crippen MR) is 95.4 cm³/mol. The van der Waals surface area contributed by atoms with Crippen LogP contribution < -0.4 is 19.5 Å². The molecule has 2 rings (SSSR count). The van der Waals surface area contributed by atoms with Crippen LogP contribution in [-0.2, 0) is 4.74 Å². The highest BCUT2D eigenvalue weighted by Crippen LogP contribution is 2.25. The molecule has 24 heavy (non-hydrogen) atoms. The summed E-state index contributed by atoms with van der Waals surface area (Å²) in [5.74, 6) is 2.31. The summed E-state index contributed by atoms with van der Waals surface area (Å²) in [6.07, 6.45) is 0. The van der Waals surface area contributed by atoms with E-state index in [4.69, 9.17) is 18.9 Å². The first-order valence-corrected chi connectivity index (χ1v) is 8.13. The average molecular weight is 331 g/mol. The number of ether oxygens (including phenoxy) is 4. The zero-order valence-corrected chi connectivity index (χ0v) is 14.3. The Morgan fingerprint density at radius 3 is 2.50 bits per heavy atom. The fourth-order valence-electron chi connectivity index (χ4n) is 2.15. The highest BCUT2D eigenvalue weighted by Gasteiger charge is 2.02. The molecule has 0 saturated heterocycles. The molecule has 0 aliphatic heterocycles. The molecule has 0 radical (unpaired) electrons. The van der Waals surface area contributed by atoms with Crippen LogP contribution in [0, 0.1) is 0 Å². The van der Waals surface area contributed by atoms with Crippen molar-refractivity contribution >= 4 is 5.69 Å². The molecule has 0 bridgehead atoms. The lowest BCUT2D eigenvalue weighted by Gasteiger charge is -2.12. The molecule has 0 aromatic heterocycles. The van der Waals surface area contributed by atoms with Crippen molar-refractivity contribution < 1.29 is 18.9 Å². The van der Waals surface area contributed by atoms with E-state index in [-0.39, 0.29) is 0 Å². The molecular formula is C19H25NO4. The van der Waals surface area contributed by atoms with Crippen LogP contribution in [0.3, 0.4) is 0 Å². The largest absolute Gasteiger partial charge is 0.493 e. The lowest BCUT2D eigenvalue weighted by Crippen LogP contribution is -2.12. The van der Waals surface area contributed by atoms with Crippen molar-refractivity contribution in [3.05, 3.63) is 48.5 Å². The standard InChI is InChI=1S/C19H25NO4/c1-3-22-13-14-23-17-8-6-7-16(15-17)20-11-12-24-19-10-5-4-9-18(19)21-2/h4-10,15,20H,3,11-14H2,1-2H3. The molecule has 0 aliphatic carbocycles. The van der Waals surface area contributed by atoms with Crippen molar-refractivity contribution in [2.24, 2.45) is 0 Å². The topological polar surface area (TPSA) is 49.0 Å². The number of benzene rings is 2. The molecular weight excluding hydrogens is 306 g/mol. The van der Waals surface area contributed by atoms with Gasteiger partial charge >= 0.3 is 0 Å². The summed E-state index contributed by atoms with van der Waals surface area (Å²) < 4.78 is 21.9. The first-order chi connectivity index (χ1) is 11.8. The van der Waals surface area contributed by atoms with Crippen LogP contribution in [-0.4, -0.2) is 40.1 Å². The maximum Gasteiger partial charge on any atom is 0.161 e. The summed E-state index contributed by atoms with van der Waals surface area (Å²) in [7, 11) is 1.64. The Hall–Kier alpha value is -2.40. The number of hydrogen-bond acceptors (Lipinski definition) is 5. The zero-order chi connectivity index (χ0) is 17.0. The Kier molecular flexibility index (Phi) is 7.77. The third-order valence-corrected chi connectivity index (χ3v) is 3.29. The number of anilines is 1. The Bertz CT molecular complexity index is 603. The van der Waals surface area contributed by atoms with Gasteiger partial charge in [-0.2, -0.15) is 0 Å². The van der Waals surface area contributed by atoms with Crippen LogP contribution in [0.4, 0.5) is 5.69 Å². The van der Waals surface area contributed by atoms with Gasteiger partial charge in [0.1, 0.15) is 19.0 Å². The first-order valence-electron chi connectivity index (χ1n) is 8.13. The van der Waals surface area contributed by atoms with Crippen LogP contribution in [0.1, 0.15) is 6.92 Å². The van der Waals surface area contributed by atoms with Gasteiger partial charge in [0.2, 0.25) is 0 Å². The van der Waals surface area contributed by atoms with Crippen molar-refractivity contribution in [1.29, 1.82) is 0 Å². The lowest BCUT2D eigenvalue weighted by molar-refractivity contribution is 0.110. The van der Waals surface area contributed by atoms with Crippen LogP contribution >= 0.6 is 0 Å². The molecule has 0 aliphatic rings. The fraction of sp³-hybridized carbons (Fsp3) is 0.368. The molecule has 0 heterocycles. The second-order valence-corrected chi connectivity index (χ2v) is 5.00. The maximum atomic E-state index is 5.74. The van der Waals surface area contributed by atoms with Gasteiger partial charge in [-0.05, 0) is 31.2 Å². The highest BCUT2D eigenvalue weighted by molar-refractivity contribution is 5.48. The lowest BCUT2D eigenvalue weighted by atomic mass is 10.3. The highest BCUT2D eigenvalue weighted by atomic mass is 16.5. The molecule has 0 spiro atoms. The molecule has 5 heteroatoms. The van der Waals surface area contributed by atoms with E-state index in [1.165, 1.54) is 0 Å². The van der Waals surface area contributed by atoms with E-state index in [1.807, 2.05) is 55.5 Å². The third kappa shape index (κ3) is 6.01. The SMILES string of the molecule is CCOCCOc1cccc(NCCOc2ccccc2OC)c1. The first kappa shape index (κ1) is 17.9. The van der Waals surface area contributed by atoms with Gasteiger partial charge in [-0.15, -0.1) is 0 Å². The quantitative estimate of drug-likeness (QED) is 0.638. The normalized spacial score (nSPS) is 10.2. The summed E-state index contributed by atoms with van der Waals surface area (Å²) in [5.41, 5.74) is 0.993. The van der Waals surface area contributed by atoms with Crippen molar-refractivity contribution in [2.45, 2.75) is 6.92 Å². The van der Waals surface area contributed by atoms with Gasteiger partial charge in [-0.1, -0.05) is 18.2 Å². The summed E-state index contributed by atoms with van der Waals surface area (Å²) >= 11 is 0. The van der Waals surface area contributed by atoms with Crippen molar-refractivity contribution in [3.8, 4) is 17.2 Å². The van der Waals surface area contributed by atoms with Gasteiger partial charge in [0.15, 0.2) is 11.5 Å². The van der Waals surface area contributed by atoms with E-state index in [0.29, 0.717) is 33.0 Å². The van der Waals surface area contributed by atoms with Gasteiger partial charge < -0.3 is 24.3 Å². The Labute approximate surface area is 143 Å². The number of nitrogens with one attached hydrogen (secondary N) is 1. The number of methoxy groups -OCH3 is 1. The zero-order valence-electron chi connectivity index (χ0n) is 14.3. The second kappa shape index (κ2) is 10.4. The van der Waals surface area contributed by atoms with E-state index in [0.717, 1.165) is 22.9 Å². The van der Waals surface area contributed by atoms with E-state index in [9.17, 15) is 0 Å². The minimum Gasteiger partial charge on any atom is -0.493 e. The monoisotopic (exact) mass is 331 g/mol. The van der Waals surface area contributed by atoms with Gasteiger partial charge in [0.25, 0.3) is 0 Å². The molecule has 2 aromatic rings. The number of para-hydroxylation sites is 2. The van der Waals surface area contributed by atoms with Gasteiger partial charge in [-0.25, -0.2) is 0 Å². The van der Waals surface area contributed by atoms with Gasteiger partial charge in [-0.3, -0.25) is 0 Å². The summed E-state index contributed by atoms with van der Waals surface area (Å²) in [4.78, 5) is 0. The maximum absolute atomic E-state index is 5.74. The predicted octanol–water partition coefficient (Wildman–Crippen LogP) is 3.60. The molecule has 0 atom stereocenters. The van der Waals surface area contributed by atoms with Crippen LogP contribution in [0.25, 0.3) is 0 Å². The second-order valence-electron chi connectivity index (χ2n) is 5.00. The van der Waals surface area contributed by atoms with E-state index < -0.39 is 0 Å². The van der Waals surface area contributed by atoms with Gasteiger partial charge in [0, 0.05) is 24.9 Å². The van der Waals surface area contributed by atoms with Crippen LogP contribution in [0.15, 0.2) is 48.5 Å². The molecule has 0 saturated carbocycles. The average Bonchev–Trinajstić information content (AvgIpc) is 2.63. The van der Waals surface area contributed by atoms with Gasteiger partial charge in [0.05, 0.1) is 13.7 Å². The van der Waals surface area contributed by atoms with E-state index >= 15 is 0 Å². The molecule has 0 fully saturated rings. The Morgan fingerprint density at radius 1 is 0.875 bits per heavy atom. The Balaban J connectivity index is 1.74. The number of hydrogen-bond donors (Lipinski definition) is 1. The molecule has 0 unspecified atom stereocenters. The molecule has 5 nitrogen and oxygen atoms in total. The third-order valence-electron chi connectivity index (χ3n) is 3.29. The fourth-order valence-corrected chi connectivity index (χ4v) is 2.15. The molecule has 2 aromatic carbocycles. The van der Waals surface area contributed by atoms with Crippen molar-refractivity contribution in [2.75, 3.05) is 45.4 Å². The summed E-state index contributed by atoms with van der Waals surface area (Å²) in [5, 5.41) is 3.32. The van der Waals surface area contributed by atoms with E-state index in [2.05, 4.69) is 5.32 Å². The number of rotatable bonds is 11. The van der Waals surface area contributed by atoms with Crippen LogP contribution in [0.2, 0.25) is 0 Å². The van der Waals surface area contributed by atoms with Crippen molar-refractivity contribution in [3.63, 3.8) is 0 Å². The molecule has 1 N–H and O–H groups in total.